The first-order chi connectivity index (χ1) is 9.31. The van der Waals surface area contributed by atoms with Crippen molar-refractivity contribution in [1.29, 1.82) is 0 Å². The lowest BCUT2D eigenvalue weighted by Gasteiger charge is -2.06. The van der Waals surface area contributed by atoms with Crippen LogP contribution in [0.3, 0.4) is 0 Å². The third kappa shape index (κ3) is 1.19. The molecule has 0 fully saturated rings. The zero-order valence-corrected chi connectivity index (χ0v) is 10.4. The van der Waals surface area contributed by atoms with Gasteiger partial charge in [0.15, 0.2) is 0 Å². The molecule has 0 atom stereocenters. The third-order valence-electron chi connectivity index (χ3n) is 3.68. The Morgan fingerprint density at radius 3 is 2.68 bits per heavy atom. The molecule has 0 bridgehead atoms. The predicted molar refractivity (Wildman–Crippen MR) is 73.7 cm³/mol. The highest BCUT2D eigenvalue weighted by atomic mass is 16.5. The first-order valence-electron chi connectivity index (χ1n) is 6.14. The molecule has 1 N–H and O–H groups in total. The number of fused-ring (bicyclic) bond motifs is 5. The predicted octanol–water partition coefficient (Wildman–Crippen LogP) is 3.39. The molecule has 1 aliphatic rings. The summed E-state index contributed by atoms with van der Waals surface area (Å²) in [6, 6.07) is 13.7. The molecule has 0 spiro atoms. The van der Waals surface area contributed by atoms with Crippen molar-refractivity contribution in [3.8, 4) is 16.9 Å². The largest absolute Gasteiger partial charge is 0.496 e. The molecule has 4 rings (SSSR count). The van der Waals surface area contributed by atoms with Gasteiger partial charge in [-0.15, -0.1) is 0 Å². The Hall–Kier alpha value is -2.55. The van der Waals surface area contributed by atoms with Crippen molar-refractivity contribution < 1.29 is 9.53 Å². The van der Waals surface area contributed by atoms with E-state index in [-0.39, 0.29) is 5.78 Å². The Balaban J connectivity index is 2.15. The van der Waals surface area contributed by atoms with Gasteiger partial charge in [-0.3, -0.25) is 4.79 Å². The summed E-state index contributed by atoms with van der Waals surface area (Å²) < 4.78 is 5.31. The fourth-order valence-electron chi connectivity index (χ4n) is 2.86. The van der Waals surface area contributed by atoms with E-state index in [0.717, 1.165) is 22.0 Å². The molecule has 0 saturated carbocycles. The number of aromatic nitrogens is 1. The lowest BCUT2D eigenvalue weighted by molar-refractivity contribution is 0.103. The molecule has 1 heterocycles. The third-order valence-corrected chi connectivity index (χ3v) is 3.68. The van der Waals surface area contributed by atoms with Gasteiger partial charge in [0.05, 0.1) is 18.4 Å². The minimum atomic E-state index is 0.0126. The van der Waals surface area contributed by atoms with E-state index in [1.807, 2.05) is 42.5 Å². The Labute approximate surface area is 109 Å². The van der Waals surface area contributed by atoms with Crippen molar-refractivity contribution >= 4 is 16.7 Å². The number of nitrogens with one attached hydrogen (secondary N) is 1. The maximum absolute atomic E-state index is 12.5. The molecule has 3 heteroatoms. The highest BCUT2D eigenvalue weighted by Gasteiger charge is 2.32. The number of para-hydroxylation sites is 1. The quantitative estimate of drug-likeness (QED) is 0.562. The molecule has 1 aromatic heterocycles. The van der Waals surface area contributed by atoms with Crippen LogP contribution < -0.4 is 4.74 Å². The van der Waals surface area contributed by atoms with Crippen LogP contribution in [-0.4, -0.2) is 17.9 Å². The molecular formula is C16H11NO2. The highest BCUT2D eigenvalue weighted by molar-refractivity contribution is 6.26. The zero-order chi connectivity index (χ0) is 13.0. The van der Waals surface area contributed by atoms with Crippen LogP contribution in [-0.2, 0) is 0 Å². The van der Waals surface area contributed by atoms with Crippen LogP contribution in [0.25, 0.3) is 22.0 Å². The van der Waals surface area contributed by atoms with Crippen LogP contribution in [0.1, 0.15) is 16.1 Å². The molecule has 0 saturated heterocycles. The van der Waals surface area contributed by atoms with E-state index in [9.17, 15) is 4.79 Å². The van der Waals surface area contributed by atoms with Crippen molar-refractivity contribution in [3.63, 3.8) is 0 Å². The molecule has 1 aliphatic carbocycles. The summed E-state index contributed by atoms with van der Waals surface area (Å²) >= 11 is 0. The van der Waals surface area contributed by atoms with E-state index < -0.39 is 0 Å². The van der Waals surface area contributed by atoms with Crippen LogP contribution in [0.4, 0.5) is 0 Å². The Morgan fingerprint density at radius 1 is 1.00 bits per heavy atom. The number of methoxy groups -OCH3 is 1. The number of aromatic amines is 1. The average molecular weight is 249 g/mol. The first-order valence-corrected chi connectivity index (χ1v) is 6.14. The van der Waals surface area contributed by atoms with Crippen LogP contribution in [0.2, 0.25) is 0 Å². The smallest absolute Gasteiger partial charge is 0.214 e. The number of benzene rings is 2. The summed E-state index contributed by atoms with van der Waals surface area (Å²) in [6.45, 7) is 0. The number of H-pyrrole nitrogens is 1. The van der Waals surface area contributed by atoms with Crippen molar-refractivity contribution in [2.45, 2.75) is 0 Å². The summed E-state index contributed by atoms with van der Waals surface area (Å²) in [4.78, 5) is 15.7. The second kappa shape index (κ2) is 3.48. The van der Waals surface area contributed by atoms with E-state index in [0.29, 0.717) is 17.0 Å². The van der Waals surface area contributed by atoms with Gasteiger partial charge in [-0.2, -0.15) is 0 Å². The number of carbonyl (C=O) groups is 1. The molecule has 0 unspecified atom stereocenters. The normalized spacial score (nSPS) is 12.6. The van der Waals surface area contributed by atoms with Gasteiger partial charge in [-0.05, 0) is 17.7 Å². The van der Waals surface area contributed by atoms with Gasteiger partial charge >= 0.3 is 0 Å². The molecule has 92 valence electrons. The van der Waals surface area contributed by atoms with E-state index in [2.05, 4.69) is 4.98 Å². The summed E-state index contributed by atoms with van der Waals surface area (Å²) in [6.07, 6.45) is 0. The zero-order valence-electron chi connectivity index (χ0n) is 10.4. The minimum Gasteiger partial charge on any atom is -0.496 e. The summed E-state index contributed by atoms with van der Waals surface area (Å²) in [5.74, 6) is 0.648. The van der Waals surface area contributed by atoms with Crippen LogP contribution in [0.5, 0.6) is 5.75 Å². The molecule has 0 aliphatic heterocycles. The van der Waals surface area contributed by atoms with Crippen molar-refractivity contribution in [3.05, 3.63) is 53.7 Å². The van der Waals surface area contributed by atoms with Gasteiger partial charge in [-0.25, -0.2) is 0 Å². The monoisotopic (exact) mass is 249 g/mol. The van der Waals surface area contributed by atoms with Gasteiger partial charge in [0.2, 0.25) is 5.78 Å². The van der Waals surface area contributed by atoms with Crippen molar-refractivity contribution in [1.82, 2.24) is 4.98 Å². The molecule has 19 heavy (non-hydrogen) atoms. The number of ether oxygens (including phenoxy) is 1. The summed E-state index contributed by atoms with van der Waals surface area (Å²) in [5, 5.41) is 1.08. The summed E-state index contributed by atoms with van der Waals surface area (Å²) in [5.41, 5.74) is 4.28. The number of rotatable bonds is 1. The van der Waals surface area contributed by atoms with E-state index >= 15 is 0 Å². The van der Waals surface area contributed by atoms with Gasteiger partial charge in [-0.1, -0.05) is 30.3 Å². The fourth-order valence-corrected chi connectivity index (χ4v) is 2.86. The topological polar surface area (TPSA) is 42.1 Å². The first kappa shape index (κ1) is 10.4. The molecule has 3 nitrogen and oxygen atoms in total. The maximum atomic E-state index is 12.5. The van der Waals surface area contributed by atoms with E-state index in [1.165, 1.54) is 0 Å². The average Bonchev–Trinajstić information content (AvgIpc) is 2.96. The standard InChI is InChI=1S/C16H11NO2/c1-19-12-8-4-6-10-13-9-5-2-3-7-11(9)17-15(13)16(18)14(10)12/h2-8,17H,1H3. The molecular weight excluding hydrogens is 238 g/mol. The second-order valence-corrected chi connectivity index (χ2v) is 4.63. The number of carbonyl (C=O) groups excluding carboxylic acids is 1. The number of ketones is 1. The molecule has 0 amide bonds. The Bertz CT molecular complexity index is 830. The molecule has 3 aromatic rings. The van der Waals surface area contributed by atoms with E-state index in [4.69, 9.17) is 4.74 Å². The maximum Gasteiger partial charge on any atom is 0.214 e. The van der Waals surface area contributed by atoms with Crippen LogP contribution in [0, 0.1) is 0 Å². The van der Waals surface area contributed by atoms with Crippen molar-refractivity contribution in [2.24, 2.45) is 0 Å². The van der Waals surface area contributed by atoms with Gasteiger partial charge < -0.3 is 9.72 Å². The van der Waals surface area contributed by atoms with Crippen molar-refractivity contribution in [2.75, 3.05) is 7.11 Å². The summed E-state index contributed by atoms with van der Waals surface area (Å²) in [7, 11) is 1.59. The van der Waals surface area contributed by atoms with Gasteiger partial charge in [0.25, 0.3) is 0 Å². The Morgan fingerprint density at radius 2 is 1.84 bits per heavy atom. The van der Waals surface area contributed by atoms with Gasteiger partial charge in [0, 0.05) is 16.5 Å². The van der Waals surface area contributed by atoms with Gasteiger partial charge in [0.1, 0.15) is 5.75 Å². The molecule has 2 aromatic carbocycles. The molecule has 0 radical (unpaired) electrons. The fraction of sp³-hybridized carbons (Fsp3) is 0.0625. The van der Waals surface area contributed by atoms with Crippen LogP contribution >= 0.6 is 0 Å². The lowest BCUT2D eigenvalue weighted by Crippen LogP contribution is -1.99. The lowest BCUT2D eigenvalue weighted by atomic mass is 10.0. The van der Waals surface area contributed by atoms with Crippen LogP contribution in [0.15, 0.2) is 42.5 Å². The highest BCUT2D eigenvalue weighted by Crippen LogP contribution is 2.44. The van der Waals surface area contributed by atoms with E-state index in [1.54, 1.807) is 7.11 Å². The Kier molecular flexibility index (Phi) is 1.90. The minimum absolute atomic E-state index is 0.0126. The number of hydrogen-bond acceptors (Lipinski definition) is 2. The number of hydrogen-bond donors (Lipinski definition) is 1. The SMILES string of the molecule is COc1cccc2c1C(=O)c1[nH]c3ccccc3c1-2. The second-order valence-electron chi connectivity index (χ2n) is 4.63.